The van der Waals surface area contributed by atoms with E-state index in [4.69, 9.17) is 0 Å². The summed E-state index contributed by atoms with van der Waals surface area (Å²) in [6.45, 7) is 6.84. The zero-order valence-electron chi connectivity index (χ0n) is 21.6. The van der Waals surface area contributed by atoms with Crippen LogP contribution in [0.1, 0.15) is 36.5 Å². The second-order valence-electron chi connectivity index (χ2n) is 9.60. The minimum atomic E-state index is -0.247. The topological polar surface area (TPSA) is 4.93 Å². The fourth-order valence-corrected chi connectivity index (χ4v) is 5.29. The van der Waals surface area contributed by atoms with Crippen LogP contribution in [0.5, 0.6) is 0 Å². The van der Waals surface area contributed by atoms with Gasteiger partial charge in [-0.05, 0) is 74.8 Å². The zero-order valence-corrected chi connectivity index (χ0v) is 23.2. The minimum Gasteiger partial charge on any atom is -0.337 e. The molecule has 0 aliphatic heterocycles. The molecule has 5 rings (SSSR count). The molecule has 5 aromatic rings. The third kappa shape index (κ3) is 5.58. The monoisotopic (exact) mass is 563 g/mol. The highest BCUT2D eigenvalue weighted by molar-refractivity contribution is 9.10. The largest absolute Gasteiger partial charge is 0.337 e. The smallest absolute Gasteiger partial charge is 0.138 e. The Morgan fingerprint density at radius 2 is 1.55 bits per heavy atom. The third-order valence-electron chi connectivity index (χ3n) is 6.95. The number of hydrogen-bond acceptors (Lipinski definition) is 0. The molecule has 0 radical (unpaired) electrons. The van der Waals surface area contributed by atoms with E-state index < -0.39 is 0 Å². The summed E-state index contributed by atoms with van der Waals surface area (Å²) in [5, 5.41) is 0.895. The number of aromatic nitrogens is 1. The average Bonchev–Trinajstić information content (AvgIpc) is 3.28. The van der Waals surface area contributed by atoms with Crippen LogP contribution in [0.25, 0.3) is 45.4 Å². The van der Waals surface area contributed by atoms with Crippen molar-refractivity contribution < 1.29 is 4.39 Å². The Hall–Kier alpha value is -3.69. The standard InChI is InChI=1S/C35H31BrFN/c1-3-5-9-29-21-26(13-12-25-14-17-28(18-15-25)27-10-7-6-8-11-27)16-19-31(29)35-23-30-22-33(37)32(36)24-34(30)38(35)20-4-2/h4,6-8,10-19,21-24H,2-3,5,9,20H2,1H3. The second kappa shape index (κ2) is 11.8. The first kappa shape index (κ1) is 25.9. The molecule has 38 heavy (non-hydrogen) atoms. The zero-order chi connectivity index (χ0) is 26.5. The molecular formula is C35H31BrFN. The summed E-state index contributed by atoms with van der Waals surface area (Å²) < 4.78 is 17.0. The van der Waals surface area contributed by atoms with Crippen LogP contribution in [-0.4, -0.2) is 4.57 Å². The van der Waals surface area contributed by atoms with Crippen LogP contribution >= 0.6 is 15.9 Å². The first-order valence-electron chi connectivity index (χ1n) is 13.1. The number of aryl methyl sites for hydroxylation is 1. The lowest BCUT2D eigenvalue weighted by Gasteiger charge is -2.14. The van der Waals surface area contributed by atoms with E-state index in [1.165, 1.54) is 33.4 Å². The fraction of sp³-hybridized carbons (Fsp3) is 0.143. The lowest BCUT2D eigenvalue weighted by molar-refractivity contribution is 0.623. The Bertz CT molecular complexity index is 1590. The van der Waals surface area contributed by atoms with Crippen molar-refractivity contribution in [2.45, 2.75) is 32.7 Å². The molecule has 0 saturated heterocycles. The van der Waals surface area contributed by atoms with Crippen LogP contribution < -0.4 is 0 Å². The molecule has 0 saturated carbocycles. The highest BCUT2D eigenvalue weighted by Gasteiger charge is 2.15. The first-order chi connectivity index (χ1) is 18.6. The van der Waals surface area contributed by atoms with Crippen LogP contribution in [0.4, 0.5) is 4.39 Å². The number of rotatable bonds is 9. The van der Waals surface area contributed by atoms with Gasteiger partial charge in [-0.25, -0.2) is 4.39 Å². The quantitative estimate of drug-likeness (QED) is 0.124. The van der Waals surface area contributed by atoms with Crippen molar-refractivity contribution in [3.63, 3.8) is 0 Å². The van der Waals surface area contributed by atoms with Gasteiger partial charge in [0.2, 0.25) is 0 Å². The summed E-state index contributed by atoms with van der Waals surface area (Å²) in [5.74, 6) is -0.247. The van der Waals surface area contributed by atoms with Gasteiger partial charge in [-0.3, -0.25) is 0 Å². The van der Waals surface area contributed by atoms with Gasteiger partial charge in [0, 0.05) is 23.2 Å². The van der Waals surface area contributed by atoms with Crippen LogP contribution in [-0.2, 0) is 13.0 Å². The van der Waals surface area contributed by atoms with E-state index >= 15 is 0 Å². The molecule has 4 aromatic carbocycles. The predicted molar refractivity (Wildman–Crippen MR) is 165 cm³/mol. The average molecular weight is 565 g/mol. The fourth-order valence-electron chi connectivity index (χ4n) is 4.96. The number of fused-ring (bicyclic) bond motifs is 1. The molecule has 1 nitrogen and oxygen atoms in total. The maximum absolute atomic E-state index is 14.3. The SMILES string of the molecule is C=CCn1c(-c2ccc(C=Cc3ccc(-c4ccccc4)cc3)cc2CCCC)cc2cc(F)c(Br)cc21. The molecule has 0 aliphatic carbocycles. The van der Waals surface area contributed by atoms with Gasteiger partial charge in [-0.15, -0.1) is 6.58 Å². The van der Waals surface area contributed by atoms with E-state index in [2.05, 4.69) is 119 Å². The molecule has 0 N–H and O–H groups in total. The maximum Gasteiger partial charge on any atom is 0.138 e. The van der Waals surface area contributed by atoms with Crippen LogP contribution in [0.3, 0.4) is 0 Å². The molecule has 0 aliphatic rings. The van der Waals surface area contributed by atoms with Crippen molar-refractivity contribution in [2.24, 2.45) is 0 Å². The van der Waals surface area contributed by atoms with Gasteiger partial charge in [0.25, 0.3) is 0 Å². The Morgan fingerprint density at radius 1 is 0.842 bits per heavy atom. The minimum absolute atomic E-state index is 0.247. The van der Waals surface area contributed by atoms with E-state index in [0.29, 0.717) is 11.0 Å². The molecule has 3 heteroatoms. The van der Waals surface area contributed by atoms with Gasteiger partial charge < -0.3 is 4.57 Å². The number of unbranched alkanes of at least 4 members (excludes halogenated alkanes) is 1. The Balaban J connectivity index is 1.49. The second-order valence-corrected chi connectivity index (χ2v) is 10.4. The highest BCUT2D eigenvalue weighted by Crippen LogP contribution is 2.34. The molecule has 1 heterocycles. The number of allylic oxidation sites excluding steroid dienone is 1. The van der Waals surface area contributed by atoms with Gasteiger partial charge in [0.05, 0.1) is 9.99 Å². The van der Waals surface area contributed by atoms with Gasteiger partial charge in [0.15, 0.2) is 0 Å². The van der Waals surface area contributed by atoms with E-state index in [1.54, 1.807) is 6.07 Å². The number of halogens is 2. The molecular weight excluding hydrogens is 533 g/mol. The van der Waals surface area contributed by atoms with Gasteiger partial charge in [-0.2, -0.15) is 0 Å². The summed E-state index contributed by atoms with van der Waals surface area (Å²) in [5.41, 5.74) is 9.38. The molecule has 1 aromatic heterocycles. The van der Waals surface area contributed by atoms with E-state index in [1.807, 2.05) is 18.2 Å². The number of hydrogen-bond donors (Lipinski definition) is 0. The lowest BCUT2D eigenvalue weighted by Crippen LogP contribution is -2.00. The lowest BCUT2D eigenvalue weighted by atomic mass is 9.96. The third-order valence-corrected chi connectivity index (χ3v) is 7.55. The normalized spacial score (nSPS) is 11.4. The van der Waals surface area contributed by atoms with Crippen molar-refractivity contribution in [3.05, 3.63) is 131 Å². The molecule has 0 atom stereocenters. The van der Waals surface area contributed by atoms with Gasteiger partial charge in [0.1, 0.15) is 5.82 Å². The molecule has 0 bridgehead atoms. The highest BCUT2D eigenvalue weighted by atomic mass is 79.9. The molecule has 190 valence electrons. The molecule has 0 spiro atoms. The number of benzene rings is 4. The maximum atomic E-state index is 14.3. The van der Waals surface area contributed by atoms with Crippen LogP contribution in [0, 0.1) is 5.82 Å². The summed E-state index contributed by atoms with van der Waals surface area (Å²) >= 11 is 3.36. The van der Waals surface area contributed by atoms with Gasteiger partial charge in [-0.1, -0.05) is 104 Å². The Labute approximate surface area is 233 Å². The van der Waals surface area contributed by atoms with Crippen molar-refractivity contribution in [2.75, 3.05) is 0 Å². The van der Waals surface area contributed by atoms with E-state index in [0.717, 1.165) is 35.9 Å². The molecule has 0 fully saturated rings. The van der Waals surface area contributed by atoms with Crippen molar-refractivity contribution >= 4 is 39.0 Å². The molecule has 0 unspecified atom stereocenters. The Kier molecular flexibility index (Phi) is 8.05. The number of nitrogens with zero attached hydrogens (tertiary/aromatic N) is 1. The predicted octanol–water partition coefficient (Wildman–Crippen LogP) is 10.6. The van der Waals surface area contributed by atoms with Gasteiger partial charge >= 0.3 is 0 Å². The Morgan fingerprint density at radius 3 is 2.29 bits per heavy atom. The molecule has 0 amide bonds. The van der Waals surface area contributed by atoms with Crippen molar-refractivity contribution in [3.8, 4) is 22.4 Å². The summed E-state index contributed by atoms with van der Waals surface area (Å²) in [4.78, 5) is 0. The summed E-state index contributed by atoms with van der Waals surface area (Å²) in [7, 11) is 0. The first-order valence-corrected chi connectivity index (χ1v) is 13.9. The van der Waals surface area contributed by atoms with Crippen molar-refractivity contribution in [1.29, 1.82) is 0 Å². The summed E-state index contributed by atoms with van der Waals surface area (Å²) in [6, 6.07) is 31.4. The van der Waals surface area contributed by atoms with Crippen LogP contribution in [0.2, 0.25) is 0 Å². The van der Waals surface area contributed by atoms with Crippen molar-refractivity contribution in [1.82, 2.24) is 4.57 Å². The van der Waals surface area contributed by atoms with Crippen LogP contribution in [0.15, 0.2) is 108 Å². The summed E-state index contributed by atoms with van der Waals surface area (Å²) in [6.07, 6.45) is 9.48. The van der Waals surface area contributed by atoms with E-state index in [-0.39, 0.29) is 5.82 Å². The van der Waals surface area contributed by atoms with E-state index in [9.17, 15) is 4.39 Å².